The van der Waals surface area contributed by atoms with Crippen LogP contribution in [0.2, 0.25) is 0 Å². The summed E-state index contributed by atoms with van der Waals surface area (Å²) in [5, 5.41) is 4.27. The van der Waals surface area contributed by atoms with Crippen LogP contribution in [0.15, 0.2) is 23.6 Å². The highest BCUT2D eigenvalue weighted by atomic mass is 32.1. The van der Waals surface area contributed by atoms with Crippen LogP contribution in [0.5, 0.6) is 0 Å². The number of thiazole rings is 1. The van der Waals surface area contributed by atoms with Gasteiger partial charge in [0.2, 0.25) is 0 Å². The molecule has 0 aliphatic rings. The maximum Gasteiger partial charge on any atom is 0.396 e. The van der Waals surface area contributed by atoms with E-state index in [0.717, 1.165) is 11.3 Å². The van der Waals surface area contributed by atoms with E-state index in [9.17, 15) is 18.4 Å². The second-order valence-corrected chi connectivity index (χ2v) is 5.33. The van der Waals surface area contributed by atoms with Crippen LogP contribution in [-0.4, -0.2) is 30.0 Å². The number of carbonyl (C=O) groups excluding carboxylic acids is 2. The molecule has 0 spiro atoms. The number of rotatable bonds is 5. The Morgan fingerprint density at radius 2 is 2.00 bits per heavy atom. The normalized spacial score (nSPS) is 10.4. The van der Waals surface area contributed by atoms with Crippen molar-refractivity contribution < 1.29 is 23.1 Å². The molecule has 0 radical (unpaired) electrons. The van der Waals surface area contributed by atoms with Crippen LogP contribution in [0.3, 0.4) is 0 Å². The van der Waals surface area contributed by atoms with Crippen LogP contribution < -0.4 is 5.32 Å². The third kappa shape index (κ3) is 4.32. The first-order valence-electron chi connectivity index (χ1n) is 6.86. The number of halogens is 2. The SMILES string of the molecule is CCOC(=O)C(=O)NCCc1csc(-c2c(F)cccc2F)n1. The van der Waals surface area contributed by atoms with E-state index in [2.05, 4.69) is 15.0 Å². The lowest BCUT2D eigenvalue weighted by molar-refractivity contribution is -0.154. The van der Waals surface area contributed by atoms with Crippen molar-refractivity contribution in [2.24, 2.45) is 0 Å². The van der Waals surface area contributed by atoms with Crippen molar-refractivity contribution in [3.63, 3.8) is 0 Å². The van der Waals surface area contributed by atoms with E-state index in [1.165, 1.54) is 18.2 Å². The van der Waals surface area contributed by atoms with Crippen molar-refractivity contribution in [2.45, 2.75) is 13.3 Å². The predicted molar refractivity (Wildman–Crippen MR) is 80.8 cm³/mol. The maximum atomic E-state index is 13.7. The van der Waals surface area contributed by atoms with Gasteiger partial charge in [0, 0.05) is 18.3 Å². The largest absolute Gasteiger partial charge is 0.459 e. The van der Waals surface area contributed by atoms with Gasteiger partial charge in [-0.15, -0.1) is 11.3 Å². The number of esters is 1. The molecule has 1 aromatic heterocycles. The Bertz CT molecular complexity index is 698. The highest BCUT2D eigenvalue weighted by Crippen LogP contribution is 2.28. The summed E-state index contributed by atoms with van der Waals surface area (Å²) in [6, 6.07) is 3.62. The smallest absolute Gasteiger partial charge is 0.396 e. The van der Waals surface area contributed by atoms with E-state index in [-0.39, 0.29) is 23.7 Å². The van der Waals surface area contributed by atoms with Crippen molar-refractivity contribution in [2.75, 3.05) is 13.2 Å². The molecule has 0 unspecified atom stereocenters. The van der Waals surface area contributed by atoms with Gasteiger partial charge in [0.15, 0.2) is 0 Å². The molecule has 0 fully saturated rings. The molecule has 0 aliphatic heterocycles. The van der Waals surface area contributed by atoms with E-state index in [1.54, 1.807) is 12.3 Å². The number of carbonyl (C=O) groups is 2. The molecule has 2 aromatic rings. The summed E-state index contributed by atoms with van der Waals surface area (Å²) in [5.41, 5.74) is 0.399. The van der Waals surface area contributed by atoms with E-state index in [4.69, 9.17) is 0 Å². The molecule has 8 heteroatoms. The molecule has 1 amide bonds. The molecule has 0 saturated carbocycles. The maximum absolute atomic E-state index is 13.7. The Morgan fingerprint density at radius 3 is 2.65 bits per heavy atom. The van der Waals surface area contributed by atoms with Crippen LogP contribution >= 0.6 is 11.3 Å². The number of amides is 1. The lowest BCUT2D eigenvalue weighted by Crippen LogP contribution is -2.33. The molecule has 1 aromatic carbocycles. The Hall–Kier alpha value is -2.35. The fourth-order valence-corrected chi connectivity index (χ4v) is 2.71. The molecule has 0 aliphatic carbocycles. The lowest BCUT2D eigenvalue weighted by atomic mass is 10.2. The van der Waals surface area contributed by atoms with Crippen molar-refractivity contribution >= 4 is 23.2 Å². The van der Waals surface area contributed by atoms with Gasteiger partial charge in [-0.05, 0) is 19.1 Å². The van der Waals surface area contributed by atoms with Crippen LogP contribution in [-0.2, 0) is 20.7 Å². The second kappa shape index (κ2) is 7.77. The van der Waals surface area contributed by atoms with Crippen LogP contribution in [0.1, 0.15) is 12.6 Å². The molecule has 0 atom stereocenters. The molecule has 122 valence electrons. The van der Waals surface area contributed by atoms with Crippen LogP contribution in [0, 0.1) is 11.6 Å². The number of benzene rings is 1. The summed E-state index contributed by atoms with van der Waals surface area (Å²) in [7, 11) is 0. The molecule has 23 heavy (non-hydrogen) atoms. The fourth-order valence-electron chi connectivity index (χ4n) is 1.81. The topological polar surface area (TPSA) is 68.3 Å². The minimum Gasteiger partial charge on any atom is -0.459 e. The minimum absolute atomic E-state index is 0.121. The van der Waals surface area contributed by atoms with E-state index >= 15 is 0 Å². The van der Waals surface area contributed by atoms with Crippen molar-refractivity contribution in [3.05, 3.63) is 40.9 Å². The Balaban J connectivity index is 1.96. The predicted octanol–water partition coefficient (Wildman–Crippen LogP) is 2.31. The third-order valence-electron chi connectivity index (χ3n) is 2.86. The van der Waals surface area contributed by atoms with Gasteiger partial charge in [-0.3, -0.25) is 4.79 Å². The number of hydrogen-bond acceptors (Lipinski definition) is 5. The first kappa shape index (κ1) is 17.0. The zero-order chi connectivity index (χ0) is 16.8. The quantitative estimate of drug-likeness (QED) is 0.670. The summed E-state index contributed by atoms with van der Waals surface area (Å²) >= 11 is 1.11. The molecular weight excluding hydrogens is 326 g/mol. The average molecular weight is 340 g/mol. The first-order valence-corrected chi connectivity index (χ1v) is 7.74. The summed E-state index contributed by atoms with van der Waals surface area (Å²) in [5.74, 6) is -3.13. The second-order valence-electron chi connectivity index (χ2n) is 4.47. The van der Waals surface area contributed by atoms with E-state index < -0.39 is 23.5 Å². The minimum atomic E-state index is -0.945. The van der Waals surface area contributed by atoms with Gasteiger partial charge in [0.25, 0.3) is 0 Å². The first-order chi connectivity index (χ1) is 11.0. The number of ether oxygens (including phenoxy) is 1. The Labute approximate surface area is 135 Å². The molecular formula is C15H14F2N2O3S. The van der Waals surface area contributed by atoms with Crippen LogP contribution in [0.25, 0.3) is 10.6 Å². The number of aromatic nitrogens is 1. The van der Waals surface area contributed by atoms with Gasteiger partial charge >= 0.3 is 11.9 Å². The van der Waals surface area contributed by atoms with Gasteiger partial charge in [0.1, 0.15) is 16.6 Å². The zero-order valence-electron chi connectivity index (χ0n) is 12.3. The summed E-state index contributed by atoms with van der Waals surface area (Å²) < 4.78 is 31.9. The number of nitrogens with zero attached hydrogens (tertiary/aromatic N) is 1. The van der Waals surface area contributed by atoms with E-state index in [0.29, 0.717) is 12.1 Å². The zero-order valence-corrected chi connectivity index (χ0v) is 13.1. The summed E-state index contributed by atoms with van der Waals surface area (Å²) in [4.78, 5) is 26.6. The van der Waals surface area contributed by atoms with Gasteiger partial charge < -0.3 is 10.1 Å². The lowest BCUT2D eigenvalue weighted by Gasteiger charge is -2.03. The molecule has 0 bridgehead atoms. The molecule has 2 rings (SSSR count). The highest BCUT2D eigenvalue weighted by Gasteiger charge is 2.16. The third-order valence-corrected chi connectivity index (χ3v) is 3.76. The van der Waals surface area contributed by atoms with Crippen molar-refractivity contribution in [3.8, 4) is 10.6 Å². The summed E-state index contributed by atoms with van der Waals surface area (Å²) in [6.45, 7) is 1.89. The standard InChI is InChI=1S/C15H14F2N2O3S/c1-2-22-15(21)13(20)18-7-6-9-8-23-14(19-9)12-10(16)4-3-5-11(12)17/h3-5,8H,2,6-7H2,1H3,(H,18,20). The van der Waals surface area contributed by atoms with Crippen molar-refractivity contribution in [1.82, 2.24) is 10.3 Å². The molecule has 1 heterocycles. The van der Waals surface area contributed by atoms with Crippen LogP contribution in [0.4, 0.5) is 8.78 Å². The van der Waals surface area contributed by atoms with E-state index in [1.807, 2.05) is 0 Å². The van der Waals surface area contributed by atoms with Crippen molar-refractivity contribution in [1.29, 1.82) is 0 Å². The average Bonchev–Trinajstić information content (AvgIpc) is 2.95. The summed E-state index contributed by atoms with van der Waals surface area (Å²) in [6.07, 6.45) is 0.331. The highest BCUT2D eigenvalue weighted by molar-refractivity contribution is 7.13. The molecule has 1 N–H and O–H groups in total. The Morgan fingerprint density at radius 1 is 1.30 bits per heavy atom. The van der Waals surface area contributed by atoms with Gasteiger partial charge in [-0.1, -0.05) is 6.07 Å². The monoisotopic (exact) mass is 340 g/mol. The molecule has 0 saturated heterocycles. The number of hydrogen-bond donors (Lipinski definition) is 1. The Kier molecular flexibility index (Phi) is 5.75. The fraction of sp³-hybridized carbons (Fsp3) is 0.267. The van der Waals surface area contributed by atoms with Gasteiger partial charge in [0.05, 0.1) is 17.9 Å². The molecule has 5 nitrogen and oxygen atoms in total. The number of nitrogens with one attached hydrogen (secondary N) is 1. The van der Waals surface area contributed by atoms with Gasteiger partial charge in [-0.2, -0.15) is 0 Å². The van der Waals surface area contributed by atoms with Gasteiger partial charge in [-0.25, -0.2) is 18.6 Å².